The van der Waals surface area contributed by atoms with E-state index >= 15 is 0 Å². The van der Waals surface area contributed by atoms with Crippen molar-refractivity contribution in [3.8, 4) is 5.75 Å². The van der Waals surface area contributed by atoms with Gasteiger partial charge in [-0.25, -0.2) is 0 Å². The van der Waals surface area contributed by atoms with Gasteiger partial charge in [-0.1, -0.05) is 17.7 Å². The van der Waals surface area contributed by atoms with Crippen LogP contribution in [0.2, 0.25) is 0 Å². The highest BCUT2D eigenvalue weighted by Gasteiger charge is 2.11. The van der Waals surface area contributed by atoms with Gasteiger partial charge in [-0.05, 0) is 33.8 Å². The Hall–Kier alpha value is -1.89. The molecule has 0 aromatic heterocycles. The Labute approximate surface area is 142 Å². The van der Waals surface area contributed by atoms with E-state index in [1.165, 1.54) is 0 Å². The molecule has 136 valence electrons. The van der Waals surface area contributed by atoms with Crippen LogP contribution in [0.1, 0.15) is 31.9 Å². The van der Waals surface area contributed by atoms with Crippen LogP contribution in [-0.4, -0.2) is 38.2 Å². The molecule has 0 aliphatic heterocycles. The molecule has 0 radical (unpaired) electrons. The van der Waals surface area contributed by atoms with E-state index in [2.05, 4.69) is 46.5 Å². The third-order valence-corrected chi connectivity index (χ3v) is 3.17. The van der Waals surface area contributed by atoms with Gasteiger partial charge in [0.2, 0.25) is 0 Å². The van der Waals surface area contributed by atoms with Gasteiger partial charge in [0.1, 0.15) is 5.75 Å². The zero-order valence-electron chi connectivity index (χ0n) is 15.0. The predicted molar refractivity (Wildman–Crippen MR) is 93.8 cm³/mol. The average Bonchev–Trinajstić information content (AvgIpc) is 2.47. The molecule has 0 aliphatic carbocycles. The monoisotopic (exact) mass is 342 g/mol. The number of halogens is 2. The lowest BCUT2D eigenvalue weighted by Crippen LogP contribution is -2.44. The third kappa shape index (κ3) is 8.10. The van der Waals surface area contributed by atoms with Crippen LogP contribution in [0.25, 0.3) is 0 Å². The molecule has 0 heterocycles. The Balaban J connectivity index is 2.55. The minimum atomic E-state index is -2.84. The molecule has 1 aromatic carbocycles. The molecule has 0 spiro atoms. The molecule has 0 amide bonds. The van der Waals surface area contributed by atoms with Crippen molar-refractivity contribution in [1.29, 1.82) is 0 Å². The Morgan fingerprint density at radius 1 is 1.21 bits per heavy atom. The Morgan fingerprint density at radius 2 is 1.92 bits per heavy atom. The summed E-state index contributed by atoms with van der Waals surface area (Å²) in [7, 11) is 1.67. The molecular weight excluding hydrogens is 314 g/mol. The molecule has 7 heteroatoms. The summed E-state index contributed by atoms with van der Waals surface area (Å²) in [5.41, 5.74) is 1.69. The van der Waals surface area contributed by atoms with Crippen LogP contribution in [-0.2, 0) is 6.54 Å². The normalized spacial score (nSPS) is 12.4. The molecule has 1 rings (SSSR count). The quantitative estimate of drug-likeness (QED) is 0.405. The highest BCUT2D eigenvalue weighted by Crippen LogP contribution is 2.21. The summed E-state index contributed by atoms with van der Waals surface area (Å²) in [6.45, 7) is 7.19. The first-order chi connectivity index (χ1) is 11.2. The van der Waals surface area contributed by atoms with Crippen LogP contribution in [0.15, 0.2) is 23.2 Å². The summed E-state index contributed by atoms with van der Waals surface area (Å²) in [4.78, 5) is 4.13. The van der Waals surface area contributed by atoms with Crippen LogP contribution in [0.3, 0.4) is 0 Å². The topological polar surface area (TPSA) is 57.7 Å². The van der Waals surface area contributed by atoms with Gasteiger partial charge in [0.05, 0.1) is 0 Å². The summed E-state index contributed by atoms with van der Waals surface area (Å²) in [6, 6.07) is 5.12. The van der Waals surface area contributed by atoms with E-state index < -0.39 is 6.61 Å². The number of nitrogens with zero attached hydrogens (tertiary/aromatic N) is 1. The Kier molecular flexibility index (Phi) is 7.91. The number of guanidine groups is 1. The Morgan fingerprint density at radius 3 is 2.50 bits per heavy atom. The van der Waals surface area contributed by atoms with Crippen molar-refractivity contribution in [2.45, 2.75) is 46.4 Å². The summed E-state index contributed by atoms with van der Waals surface area (Å²) in [6.07, 6.45) is 0. The first-order valence-corrected chi connectivity index (χ1v) is 7.95. The lowest BCUT2D eigenvalue weighted by molar-refractivity contribution is -0.0504. The molecule has 0 aliphatic rings. The maximum absolute atomic E-state index is 12.5. The van der Waals surface area contributed by atoms with Crippen LogP contribution >= 0.6 is 0 Å². The van der Waals surface area contributed by atoms with E-state index in [-0.39, 0.29) is 11.3 Å². The summed E-state index contributed by atoms with van der Waals surface area (Å²) >= 11 is 0. The molecule has 0 bridgehead atoms. The SMILES string of the molecule is CN=C(NCCNC(C)(C)C)NCc1cc(C)ccc1OC(F)F. The highest BCUT2D eigenvalue weighted by molar-refractivity contribution is 5.79. The van der Waals surface area contributed by atoms with Gasteiger partial charge >= 0.3 is 6.61 Å². The van der Waals surface area contributed by atoms with E-state index in [1.807, 2.05) is 13.0 Å². The van der Waals surface area contributed by atoms with Gasteiger partial charge < -0.3 is 20.7 Å². The first-order valence-electron chi connectivity index (χ1n) is 7.95. The minimum absolute atomic E-state index is 0.0572. The number of nitrogens with one attached hydrogen (secondary N) is 3. The summed E-state index contributed by atoms with van der Waals surface area (Å²) in [5, 5.41) is 9.65. The molecule has 0 fully saturated rings. The van der Waals surface area contributed by atoms with Crippen molar-refractivity contribution >= 4 is 5.96 Å². The van der Waals surface area contributed by atoms with Crippen LogP contribution in [0.5, 0.6) is 5.75 Å². The number of alkyl halides is 2. The standard InChI is InChI=1S/C17H28F2N4O/c1-12-6-7-14(24-15(18)19)13(10-12)11-22-16(20-5)21-8-9-23-17(2,3)4/h6-7,10,15,23H,8-9,11H2,1-5H3,(H2,20,21,22). The number of aryl methyl sites for hydroxylation is 1. The molecule has 0 saturated heterocycles. The molecular formula is C17H28F2N4O. The smallest absolute Gasteiger partial charge is 0.387 e. The van der Waals surface area contributed by atoms with Crippen LogP contribution < -0.4 is 20.7 Å². The number of ether oxygens (including phenoxy) is 1. The van der Waals surface area contributed by atoms with Crippen molar-refractivity contribution in [2.24, 2.45) is 4.99 Å². The molecule has 1 aromatic rings. The maximum atomic E-state index is 12.5. The van der Waals surface area contributed by atoms with Gasteiger partial charge in [-0.15, -0.1) is 0 Å². The van der Waals surface area contributed by atoms with E-state index in [0.29, 0.717) is 24.6 Å². The molecule has 0 saturated carbocycles. The zero-order chi connectivity index (χ0) is 18.2. The lowest BCUT2D eigenvalue weighted by atomic mass is 10.1. The summed E-state index contributed by atoms with van der Waals surface area (Å²) < 4.78 is 29.5. The summed E-state index contributed by atoms with van der Waals surface area (Å²) in [5.74, 6) is 0.781. The fraction of sp³-hybridized carbons (Fsp3) is 0.588. The molecule has 0 unspecified atom stereocenters. The average molecular weight is 342 g/mol. The zero-order valence-corrected chi connectivity index (χ0v) is 15.0. The van der Waals surface area contributed by atoms with E-state index in [1.54, 1.807) is 19.2 Å². The van der Waals surface area contributed by atoms with Gasteiger partial charge in [0, 0.05) is 37.8 Å². The van der Waals surface area contributed by atoms with Gasteiger partial charge in [0.15, 0.2) is 5.96 Å². The Bertz CT molecular complexity index is 542. The number of aliphatic imine (C=N–C) groups is 1. The second-order valence-corrected chi connectivity index (χ2v) is 6.52. The van der Waals surface area contributed by atoms with Crippen LogP contribution in [0, 0.1) is 6.92 Å². The maximum Gasteiger partial charge on any atom is 0.387 e. The van der Waals surface area contributed by atoms with Gasteiger partial charge in [-0.2, -0.15) is 8.78 Å². The minimum Gasteiger partial charge on any atom is -0.434 e. The number of hydrogen-bond donors (Lipinski definition) is 3. The van der Waals surface area contributed by atoms with Crippen molar-refractivity contribution in [3.05, 3.63) is 29.3 Å². The number of hydrogen-bond acceptors (Lipinski definition) is 3. The van der Waals surface area contributed by atoms with Gasteiger partial charge in [-0.3, -0.25) is 4.99 Å². The third-order valence-electron chi connectivity index (χ3n) is 3.17. The molecule has 3 N–H and O–H groups in total. The second-order valence-electron chi connectivity index (χ2n) is 6.52. The first kappa shape index (κ1) is 20.2. The number of rotatable bonds is 7. The van der Waals surface area contributed by atoms with Gasteiger partial charge in [0.25, 0.3) is 0 Å². The molecule has 0 atom stereocenters. The van der Waals surface area contributed by atoms with Crippen molar-refractivity contribution in [2.75, 3.05) is 20.1 Å². The lowest BCUT2D eigenvalue weighted by Gasteiger charge is -2.21. The number of benzene rings is 1. The van der Waals surface area contributed by atoms with E-state index in [0.717, 1.165) is 12.1 Å². The van der Waals surface area contributed by atoms with Crippen LogP contribution in [0.4, 0.5) is 8.78 Å². The predicted octanol–water partition coefficient (Wildman–Crippen LogP) is 2.65. The van der Waals surface area contributed by atoms with Crippen molar-refractivity contribution in [3.63, 3.8) is 0 Å². The molecule has 24 heavy (non-hydrogen) atoms. The van der Waals surface area contributed by atoms with E-state index in [4.69, 9.17) is 0 Å². The van der Waals surface area contributed by atoms with Crippen molar-refractivity contribution in [1.82, 2.24) is 16.0 Å². The largest absolute Gasteiger partial charge is 0.434 e. The molecule has 5 nitrogen and oxygen atoms in total. The van der Waals surface area contributed by atoms with E-state index in [9.17, 15) is 8.78 Å². The second kappa shape index (κ2) is 9.42. The highest BCUT2D eigenvalue weighted by atomic mass is 19.3. The van der Waals surface area contributed by atoms with Crippen molar-refractivity contribution < 1.29 is 13.5 Å². The fourth-order valence-corrected chi connectivity index (χ4v) is 2.08. The fourth-order valence-electron chi connectivity index (χ4n) is 2.08.